The first kappa shape index (κ1) is 21.7. The molecule has 2 aromatic rings. The Kier molecular flexibility index (Phi) is 6.37. The zero-order valence-corrected chi connectivity index (χ0v) is 18.5. The highest BCUT2D eigenvalue weighted by Crippen LogP contribution is 2.32. The number of nitrogens with zero attached hydrogens (tertiary/aromatic N) is 4. The molecule has 0 amide bonds. The molecule has 1 saturated carbocycles. The van der Waals surface area contributed by atoms with Crippen molar-refractivity contribution in [1.29, 1.82) is 0 Å². The summed E-state index contributed by atoms with van der Waals surface area (Å²) in [6, 6.07) is 0.573. The Hall–Kier alpha value is -2.12. The smallest absolute Gasteiger partial charge is 0.167 e. The van der Waals surface area contributed by atoms with E-state index in [0.717, 1.165) is 25.9 Å². The Balaban J connectivity index is 1.25. The highest BCUT2D eigenvalue weighted by molar-refractivity contribution is 7.80. The molecule has 1 unspecified atom stereocenters. The van der Waals surface area contributed by atoms with E-state index in [1.54, 1.807) is 10.9 Å². The molecular formula is C20H29N7O4S. The van der Waals surface area contributed by atoms with Crippen LogP contribution in [-0.2, 0) is 9.47 Å². The summed E-state index contributed by atoms with van der Waals surface area (Å²) in [4.78, 5) is 13.1. The molecule has 3 aliphatic rings. The Morgan fingerprint density at radius 1 is 1.12 bits per heavy atom. The zero-order valence-electron chi connectivity index (χ0n) is 17.7. The van der Waals surface area contributed by atoms with Gasteiger partial charge < -0.3 is 35.6 Å². The summed E-state index contributed by atoms with van der Waals surface area (Å²) >= 11 is 5.37. The lowest BCUT2D eigenvalue weighted by molar-refractivity contribution is -0.0332. The van der Waals surface area contributed by atoms with Crippen LogP contribution in [0.5, 0.6) is 0 Å². The average molecular weight is 464 g/mol. The van der Waals surface area contributed by atoms with Crippen LogP contribution in [0.2, 0.25) is 0 Å². The highest BCUT2D eigenvalue weighted by Gasteiger charge is 2.44. The van der Waals surface area contributed by atoms with Crippen molar-refractivity contribution in [1.82, 2.24) is 30.2 Å². The first-order valence-corrected chi connectivity index (χ1v) is 11.6. The minimum Gasteiger partial charge on any atom is -0.387 e. The van der Waals surface area contributed by atoms with Gasteiger partial charge in [0.2, 0.25) is 0 Å². The molecule has 2 aromatic heterocycles. The number of aliphatic hydroxyl groups is 2. The predicted molar refractivity (Wildman–Crippen MR) is 120 cm³/mol. The van der Waals surface area contributed by atoms with E-state index in [0.29, 0.717) is 34.7 Å². The van der Waals surface area contributed by atoms with Crippen molar-refractivity contribution in [2.75, 3.05) is 25.1 Å². The van der Waals surface area contributed by atoms with Crippen LogP contribution in [0.1, 0.15) is 38.3 Å². The van der Waals surface area contributed by atoms with Gasteiger partial charge in [0.1, 0.15) is 24.6 Å². The standard InChI is InChI=1S/C20H29N7O4S/c28-15-13(7-21-20(32)26-11-3-1-2-4-11)31-19(16(15)29)27-10-24-14-17(22-9-23-18(14)27)25-12-5-6-30-8-12/h9-13,15-16,19,28-29H,1-8H2,(H2,21,26,32)(H,22,23,25)/t12-,13-,15-,16-,19?/m1/s1. The second-order valence-electron chi connectivity index (χ2n) is 8.63. The van der Waals surface area contributed by atoms with Crippen molar-refractivity contribution in [3.8, 4) is 0 Å². The molecule has 32 heavy (non-hydrogen) atoms. The third kappa shape index (κ3) is 4.37. The third-order valence-electron chi connectivity index (χ3n) is 6.39. The fourth-order valence-electron chi connectivity index (χ4n) is 4.61. The van der Waals surface area contributed by atoms with E-state index >= 15 is 0 Å². The van der Waals surface area contributed by atoms with Gasteiger partial charge in [0.15, 0.2) is 28.3 Å². The van der Waals surface area contributed by atoms with E-state index in [-0.39, 0.29) is 12.6 Å². The maximum absolute atomic E-state index is 10.7. The summed E-state index contributed by atoms with van der Waals surface area (Å²) < 4.78 is 13.0. The van der Waals surface area contributed by atoms with Crippen LogP contribution in [0.4, 0.5) is 5.82 Å². The number of thiocarbonyl (C=S) groups is 1. The van der Waals surface area contributed by atoms with Gasteiger partial charge in [-0.1, -0.05) is 12.8 Å². The topological polar surface area (TPSA) is 139 Å². The molecule has 3 fully saturated rings. The minimum absolute atomic E-state index is 0.172. The molecule has 174 valence electrons. The minimum atomic E-state index is -1.13. The molecular weight excluding hydrogens is 434 g/mol. The van der Waals surface area contributed by atoms with E-state index < -0.39 is 24.5 Å². The molecule has 5 atom stereocenters. The number of aliphatic hydroxyl groups excluding tert-OH is 2. The zero-order chi connectivity index (χ0) is 22.1. The number of hydrogen-bond acceptors (Lipinski definition) is 9. The number of aromatic nitrogens is 4. The lowest BCUT2D eigenvalue weighted by Crippen LogP contribution is -2.45. The fraction of sp³-hybridized carbons (Fsp3) is 0.700. The van der Waals surface area contributed by atoms with Crippen molar-refractivity contribution in [3.05, 3.63) is 12.7 Å². The largest absolute Gasteiger partial charge is 0.387 e. The number of nitrogens with one attached hydrogen (secondary N) is 3. The monoisotopic (exact) mass is 463 g/mol. The van der Waals surface area contributed by atoms with Crippen LogP contribution in [0.25, 0.3) is 11.2 Å². The van der Waals surface area contributed by atoms with Crippen LogP contribution in [0.15, 0.2) is 12.7 Å². The van der Waals surface area contributed by atoms with Gasteiger partial charge in [0.05, 0.1) is 19.0 Å². The molecule has 5 N–H and O–H groups in total. The van der Waals surface area contributed by atoms with E-state index in [2.05, 4.69) is 30.9 Å². The first-order valence-electron chi connectivity index (χ1n) is 11.2. The van der Waals surface area contributed by atoms with Gasteiger partial charge in [0, 0.05) is 19.2 Å². The van der Waals surface area contributed by atoms with E-state index in [4.69, 9.17) is 21.7 Å². The van der Waals surface area contributed by atoms with Gasteiger partial charge in [-0.05, 0) is 31.5 Å². The summed E-state index contributed by atoms with van der Waals surface area (Å²) in [5.41, 5.74) is 1.10. The normalized spacial score (nSPS) is 30.8. The lowest BCUT2D eigenvalue weighted by Gasteiger charge is -2.19. The van der Waals surface area contributed by atoms with E-state index in [9.17, 15) is 10.2 Å². The number of hydrogen-bond donors (Lipinski definition) is 5. The van der Waals surface area contributed by atoms with Crippen molar-refractivity contribution < 1.29 is 19.7 Å². The van der Waals surface area contributed by atoms with E-state index in [1.807, 2.05) is 0 Å². The molecule has 1 aliphatic carbocycles. The second-order valence-corrected chi connectivity index (χ2v) is 9.04. The van der Waals surface area contributed by atoms with Crippen LogP contribution < -0.4 is 16.0 Å². The number of anilines is 1. The van der Waals surface area contributed by atoms with Crippen molar-refractivity contribution >= 4 is 34.3 Å². The molecule has 0 radical (unpaired) electrons. The number of imidazole rings is 1. The lowest BCUT2D eigenvalue weighted by atomic mass is 10.1. The Labute approximate surface area is 190 Å². The Bertz CT molecular complexity index is 947. The molecule has 5 rings (SSSR count). The summed E-state index contributed by atoms with van der Waals surface area (Å²) in [7, 11) is 0. The Morgan fingerprint density at radius 2 is 1.97 bits per heavy atom. The van der Waals surface area contributed by atoms with Gasteiger partial charge >= 0.3 is 0 Å². The molecule has 0 aromatic carbocycles. The van der Waals surface area contributed by atoms with Crippen LogP contribution in [-0.4, -0.2) is 85.0 Å². The van der Waals surface area contributed by atoms with Gasteiger partial charge in [-0.15, -0.1) is 0 Å². The summed E-state index contributed by atoms with van der Waals surface area (Å²) in [6.07, 6.45) is 4.90. The van der Waals surface area contributed by atoms with Gasteiger partial charge in [-0.2, -0.15) is 0 Å². The van der Waals surface area contributed by atoms with Crippen molar-refractivity contribution in [3.63, 3.8) is 0 Å². The third-order valence-corrected chi connectivity index (χ3v) is 6.66. The van der Waals surface area contributed by atoms with Crippen molar-refractivity contribution in [2.45, 2.75) is 68.7 Å². The van der Waals surface area contributed by atoms with Gasteiger partial charge in [0.25, 0.3) is 0 Å². The van der Waals surface area contributed by atoms with E-state index in [1.165, 1.54) is 19.2 Å². The molecule has 12 heteroatoms. The SMILES string of the molecule is O[C@@H]1[C@@H](CNC(=S)NC2CCCC2)OC(n2cnc3c(N[C@@H]4CCOC4)ncnc32)[C@@H]1O. The van der Waals surface area contributed by atoms with Crippen LogP contribution in [0, 0.1) is 0 Å². The molecule has 4 heterocycles. The van der Waals surface area contributed by atoms with Crippen LogP contribution >= 0.6 is 12.2 Å². The van der Waals surface area contributed by atoms with Gasteiger partial charge in [-0.25, -0.2) is 15.0 Å². The highest BCUT2D eigenvalue weighted by atomic mass is 32.1. The first-order chi connectivity index (χ1) is 15.6. The fourth-order valence-corrected chi connectivity index (χ4v) is 4.86. The van der Waals surface area contributed by atoms with Gasteiger partial charge in [-0.3, -0.25) is 4.57 Å². The average Bonchev–Trinajstić information content (AvgIpc) is 3.58. The summed E-state index contributed by atoms with van der Waals surface area (Å²) in [6.45, 7) is 1.62. The predicted octanol–water partition coefficient (Wildman–Crippen LogP) is 0.0530. The summed E-state index contributed by atoms with van der Waals surface area (Å²) in [5, 5.41) is 31.5. The second kappa shape index (κ2) is 9.40. The molecule has 2 saturated heterocycles. The molecule has 0 bridgehead atoms. The molecule has 2 aliphatic heterocycles. The quantitative estimate of drug-likeness (QED) is 0.372. The summed E-state index contributed by atoms with van der Waals surface area (Å²) in [5.74, 6) is 0.610. The molecule has 11 nitrogen and oxygen atoms in total. The maximum Gasteiger partial charge on any atom is 0.167 e. The maximum atomic E-state index is 10.7. The number of rotatable bonds is 6. The number of fused-ring (bicyclic) bond motifs is 1. The van der Waals surface area contributed by atoms with Crippen molar-refractivity contribution in [2.24, 2.45) is 0 Å². The van der Waals surface area contributed by atoms with Crippen LogP contribution in [0.3, 0.4) is 0 Å². The Morgan fingerprint density at radius 3 is 2.75 bits per heavy atom. The number of ether oxygens (including phenoxy) is 2. The molecule has 0 spiro atoms.